The first-order valence-corrected chi connectivity index (χ1v) is 11.8. The van der Waals surface area contributed by atoms with Crippen molar-refractivity contribution >= 4 is 17.0 Å². The molecule has 92 valence electrons. The van der Waals surface area contributed by atoms with E-state index in [9.17, 15) is 0 Å². The summed E-state index contributed by atoms with van der Waals surface area (Å²) < 4.78 is 6.28. The molecule has 15 heavy (non-hydrogen) atoms. The van der Waals surface area contributed by atoms with Crippen LogP contribution in [-0.4, -0.2) is 30.0 Å². The van der Waals surface area contributed by atoms with Crippen LogP contribution in [0.4, 0.5) is 0 Å². The summed E-state index contributed by atoms with van der Waals surface area (Å²) in [5.74, 6) is 0. The second-order valence-electron chi connectivity index (χ2n) is 4.98. The van der Waals surface area contributed by atoms with E-state index >= 15 is 0 Å². The first-order valence-electron chi connectivity index (χ1n) is 6.03. The first kappa shape index (κ1) is 15.3. The van der Waals surface area contributed by atoms with Gasteiger partial charge in [-0.05, 0) is 52.1 Å². The van der Waals surface area contributed by atoms with Crippen LogP contribution in [0.5, 0.6) is 0 Å². The lowest BCUT2D eigenvalue weighted by Gasteiger charge is -2.34. The standard InChI is InChI=1S/C10H28N2OSi2/c1-7-9-11-14(3,4)13-15(5,6)12-10-8-2/h11-12H,7-10H2,1-6H3. The molecule has 0 saturated carbocycles. The topological polar surface area (TPSA) is 33.3 Å². The maximum atomic E-state index is 6.28. The molecule has 0 spiro atoms. The average molecular weight is 249 g/mol. The molecular formula is C10H28N2OSi2. The summed E-state index contributed by atoms with van der Waals surface area (Å²) >= 11 is 0. The fourth-order valence-electron chi connectivity index (χ4n) is 1.56. The molecule has 0 saturated heterocycles. The van der Waals surface area contributed by atoms with Gasteiger partial charge in [0, 0.05) is 0 Å². The third-order valence-electron chi connectivity index (χ3n) is 2.11. The van der Waals surface area contributed by atoms with Crippen molar-refractivity contribution in [2.24, 2.45) is 0 Å². The van der Waals surface area contributed by atoms with Crippen LogP contribution in [0.15, 0.2) is 0 Å². The highest BCUT2D eigenvalue weighted by Gasteiger charge is 2.32. The van der Waals surface area contributed by atoms with Gasteiger partial charge in [-0.1, -0.05) is 13.8 Å². The maximum Gasteiger partial charge on any atom is 0.252 e. The highest BCUT2D eigenvalue weighted by atomic mass is 28.4. The Hall–Kier alpha value is 0.314. The predicted octanol–water partition coefficient (Wildman–Crippen LogP) is 2.41. The van der Waals surface area contributed by atoms with E-state index in [-0.39, 0.29) is 0 Å². The molecule has 0 fully saturated rings. The van der Waals surface area contributed by atoms with Gasteiger partial charge >= 0.3 is 0 Å². The number of rotatable bonds is 8. The Balaban J connectivity index is 4.04. The molecule has 0 heterocycles. The van der Waals surface area contributed by atoms with Gasteiger partial charge in [-0.25, -0.2) is 0 Å². The molecule has 0 rings (SSSR count). The zero-order valence-electron chi connectivity index (χ0n) is 11.2. The molecule has 5 heteroatoms. The fraction of sp³-hybridized carbons (Fsp3) is 1.00. The fourth-order valence-corrected chi connectivity index (χ4v) is 8.95. The van der Waals surface area contributed by atoms with E-state index in [1.54, 1.807) is 0 Å². The maximum absolute atomic E-state index is 6.28. The van der Waals surface area contributed by atoms with Crippen LogP contribution in [0.1, 0.15) is 26.7 Å². The SMILES string of the molecule is CCCN[Si](C)(C)O[Si](C)(C)NCCC. The Bertz CT molecular complexity index is 157. The van der Waals surface area contributed by atoms with E-state index in [1.165, 1.54) is 12.8 Å². The highest BCUT2D eigenvalue weighted by molar-refractivity contribution is 6.82. The van der Waals surface area contributed by atoms with Crippen molar-refractivity contribution in [1.82, 2.24) is 9.96 Å². The molecule has 0 bridgehead atoms. The minimum absolute atomic E-state index is 1.07. The van der Waals surface area contributed by atoms with Crippen LogP contribution in [0.3, 0.4) is 0 Å². The molecule has 0 aromatic heterocycles. The Morgan fingerprint density at radius 3 is 1.40 bits per heavy atom. The highest BCUT2D eigenvalue weighted by Crippen LogP contribution is 2.09. The number of hydrogen-bond donors (Lipinski definition) is 2. The van der Waals surface area contributed by atoms with Crippen LogP contribution in [0, 0.1) is 0 Å². The lowest BCUT2D eigenvalue weighted by atomic mass is 10.5. The van der Waals surface area contributed by atoms with Gasteiger partial charge in [-0.15, -0.1) is 0 Å². The summed E-state index contributed by atoms with van der Waals surface area (Å²) in [5.41, 5.74) is 0. The summed E-state index contributed by atoms with van der Waals surface area (Å²) in [6, 6.07) is 0. The Morgan fingerprint density at radius 1 is 0.800 bits per heavy atom. The lowest BCUT2D eigenvalue weighted by molar-refractivity contribution is 0.497. The molecular weight excluding hydrogens is 220 g/mol. The molecule has 0 aromatic carbocycles. The van der Waals surface area contributed by atoms with Gasteiger partial charge in [0.15, 0.2) is 0 Å². The van der Waals surface area contributed by atoms with Crippen molar-refractivity contribution in [2.45, 2.75) is 52.9 Å². The number of nitrogens with one attached hydrogen (secondary N) is 2. The summed E-state index contributed by atoms with van der Waals surface area (Å²) in [7, 11) is -3.32. The Morgan fingerprint density at radius 2 is 1.13 bits per heavy atom. The largest absolute Gasteiger partial charge is 0.433 e. The first-order chi connectivity index (χ1) is 6.83. The predicted molar refractivity (Wildman–Crippen MR) is 72.6 cm³/mol. The minimum Gasteiger partial charge on any atom is -0.433 e. The van der Waals surface area contributed by atoms with Gasteiger partial charge in [-0.2, -0.15) is 0 Å². The van der Waals surface area contributed by atoms with Crippen molar-refractivity contribution in [3.05, 3.63) is 0 Å². The molecule has 0 aliphatic heterocycles. The third-order valence-corrected chi connectivity index (χ3v) is 8.40. The van der Waals surface area contributed by atoms with Crippen LogP contribution in [-0.2, 0) is 4.12 Å². The molecule has 2 N–H and O–H groups in total. The van der Waals surface area contributed by atoms with Gasteiger partial charge in [0.25, 0.3) is 17.0 Å². The second-order valence-corrected chi connectivity index (χ2v) is 12.5. The van der Waals surface area contributed by atoms with Crippen molar-refractivity contribution < 1.29 is 4.12 Å². The van der Waals surface area contributed by atoms with Gasteiger partial charge in [0.2, 0.25) is 0 Å². The van der Waals surface area contributed by atoms with E-state index in [0.29, 0.717) is 0 Å². The number of hydrogen-bond acceptors (Lipinski definition) is 3. The van der Waals surface area contributed by atoms with E-state index in [2.05, 4.69) is 50.0 Å². The summed E-state index contributed by atoms with van der Waals surface area (Å²) in [6.07, 6.45) is 2.34. The zero-order chi connectivity index (χ0) is 11.9. The molecule has 0 aliphatic carbocycles. The summed E-state index contributed by atoms with van der Waals surface area (Å²) in [6.45, 7) is 15.5. The van der Waals surface area contributed by atoms with E-state index < -0.39 is 17.0 Å². The molecule has 0 aliphatic rings. The Kier molecular flexibility index (Phi) is 6.94. The van der Waals surface area contributed by atoms with E-state index in [0.717, 1.165) is 13.1 Å². The van der Waals surface area contributed by atoms with E-state index in [4.69, 9.17) is 4.12 Å². The lowest BCUT2D eigenvalue weighted by Crippen LogP contribution is -2.60. The zero-order valence-corrected chi connectivity index (χ0v) is 13.2. The average Bonchev–Trinajstić information content (AvgIpc) is 2.10. The quantitative estimate of drug-likeness (QED) is 0.647. The molecule has 0 atom stereocenters. The minimum atomic E-state index is -1.66. The van der Waals surface area contributed by atoms with Crippen molar-refractivity contribution in [2.75, 3.05) is 13.1 Å². The van der Waals surface area contributed by atoms with Crippen molar-refractivity contribution in [3.8, 4) is 0 Å². The third kappa shape index (κ3) is 8.16. The summed E-state index contributed by atoms with van der Waals surface area (Å²) in [5, 5.41) is 0. The molecule has 0 amide bonds. The smallest absolute Gasteiger partial charge is 0.252 e. The molecule has 0 radical (unpaired) electrons. The van der Waals surface area contributed by atoms with E-state index in [1.807, 2.05) is 0 Å². The molecule has 0 unspecified atom stereocenters. The van der Waals surface area contributed by atoms with Crippen molar-refractivity contribution in [1.29, 1.82) is 0 Å². The van der Waals surface area contributed by atoms with Crippen LogP contribution in [0.2, 0.25) is 26.2 Å². The van der Waals surface area contributed by atoms with Gasteiger partial charge in [0.1, 0.15) is 0 Å². The second kappa shape index (κ2) is 6.80. The monoisotopic (exact) mass is 248 g/mol. The normalized spacial score (nSPS) is 13.2. The van der Waals surface area contributed by atoms with Gasteiger partial charge in [0.05, 0.1) is 0 Å². The molecule has 3 nitrogen and oxygen atoms in total. The van der Waals surface area contributed by atoms with Gasteiger partial charge in [-0.3, -0.25) is 0 Å². The van der Waals surface area contributed by atoms with Crippen LogP contribution in [0.25, 0.3) is 0 Å². The molecule has 0 aromatic rings. The van der Waals surface area contributed by atoms with Crippen molar-refractivity contribution in [3.63, 3.8) is 0 Å². The van der Waals surface area contributed by atoms with Crippen LogP contribution >= 0.6 is 0 Å². The Labute approximate surface area is 97.4 Å². The van der Waals surface area contributed by atoms with Gasteiger partial charge < -0.3 is 14.1 Å². The van der Waals surface area contributed by atoms with Crippen LogP contribution < -0.4 is 9.96 Å². The summed E-state index contributed by atoms with van der Waals surface area (Å²) in [4.78, 5) is 7.11.